The fourth-order valence-corrected chi connectivity index (χ4v) is 3.53. The number of sulfonamides is 1. The van der Waals surface area contributed by atoms with E-state index in [0.717, 1.165) is 11.3 Å². The lowest BCUT2D eigenvalue weighted by Gasteiger charge is -2.13. The van der Waals surface area contributed by atoms with Crippen LogP contribution in [0.3, 0.4) is 0 Å². The highest BCUT2D eigenvalue weighted by atomic mass is 127. The topological polar surface area (TPSA) is 91.8 Å². The maximum Gasteiger partial charge on any atom is 0.240 e. The van der Waals surface area contributed by atoms with Gasteiger partial charge in [-0.1, -0.05) is 49.1 Å². The molecule has 164 valence electrons. The molecule has 2 rings (SSSR count). The van der Waals surface area contributed by atoms with E-state index in [0.29, 0.717) is 32.2 Å². The molecule has 0 fully saturated rings. The van der Waals surface area contributed by atoms with E-state index in [9.17, 15) is 8.42 Å². The molecule has 0 spiro atoms. The largest absolute Gasteiger partial charge is 0.489 e. The summed E-state index contributed by atoms with van der Waals surface area (Å²) in [7, 11) is -3.52. The van der Waals surface area contributed by atoms with E-state index in [2.05, 4.69) is 26.9 Å². The number of ether oxygens (including phenoxy) is 1. The first-order valence-electron chi connectivity index (χ1n) is 9.45. The number of aliphatic imine (C=N–C) groups is 1. The molecule has 3 N–H and O–H groups in total. The fourth-order valence-electron chi connectivity index (χ4n) is 2.48. The lowest BCUT2D eigenvalue weighted by Crippen LogP contribution is -2.41. The van der Waals surface area contributed by atoms with Crippen LogP contribution >= 0.6 is 24.0 Å². The van der Waals surface area contributed by atoms with Crippen molar-refractivity contribution in [2.45, 2.75) is 18.4 Å². The molecule has 0 saturated carbocycles. The Kier molecular flexibility index (Phi) is 12.1. The van der Waals surface area contributed by atoms with Crippen LogP contribution in [0.5, 0.6) is 5.75 Å². The quantitative estimate of drug-likeness (QED) is 0.133. The molecule has 0 atom stereocenters. The Hall–Kier alpha value is -2.11. The van der Waals surface area contributed by atoms with Crippen LogP contribution in [0.15, 0.2) is 77.1 Å². The van der Waals surface area contributed by atoms with Crippen molar-refractivity contribution in [2.24, 2.45) is 4.99 Å². The average Bonchev–Trinajstić information content (AvgIpc) is 2.74. The molecule has 0 aromatic heterocycles. The Morgan fingerprint density at radius 2 is 1.77 bits per heavy atom. The molecule has 0 heterocycles. The molecular formula is C21H29IN4O3S. The van der Waals surface area contributed by atoms with Crippen molar-refractivity contribution >= 4 is 40.0 Å². The van der Waals surface area contributed by atoms with Crippen LogP contribution in [-0.2, 0) is 16.6 Å². The van der Waals surface area contributed by atoms with Gasteiger partial charge in [-0.3, -0.25) is 0 Å². The second-order valence-corrected chi connectivity index (χ2v) is 7.81. The van der Waals surface area contributed by atoms with Crippen LogP contribution in [0.4, 0.5) is 0 Å². The van der Waals surface area contributed by atoms with Crippen molar-refractivity contribution in [3.05, 3.63) is 72.8 Å². The molecule has 0 aliphatic heterocycles. The summed E-state index contributed by atoms with van der Waals surface area (Å²) in [6.45, 7) is 7.81. The van der Waals surface area contributed by atoms with Crippen molar-refractivity contribution in [1.82, 2.24) is 15.4 Å². The van der Waals surface area contributed by atoms with Crippen molar-refractivity contribution in [1.29, 1.82) is 0 Å². The second-order valence-electron chi connectivity index (χ2n) is 6.04. The van der Waals surface area contributed by atoms with Crippen LogP contribution < -0.4 is 20.1 Å². The molecule has 0 aliphatic carbocycles. The van der Waals surface area contributed by atoms with Crippen LogP contribution in [0.25, 0.3) is 0 Å². The monoisotopic (exact) mass is 544 g/mol. The van der Waals surface area contributed by atoms with Crippen molar-refractivity contribution in [3.8, 4) is 5.75 Å². The van der Waals surface area contributed by atoms with Crippen LogP contribution in [0.1, 0.15) is 12.5 Å². The third-order valence-electron chi connectivity index (χ3n) is 3.84. The van der Waals surface area contributed by atoms with E-state index in [4.69, 9.17) is 4.74 Å². The zero-order valence-electron chi connectivity index (χ0n) is 17.0. The number of para-hydroxylation sites is 1. The highest BCUT2D eigenvalue weighted by molar-refractivity contribution is 14.0. The van der Waals surface area contributed by atoms with E-state index in [1.54, 1.807) is 36.4 Å². The van der Waals surface area contributed by atoms with Gasteiger partial charge in [0.15, 0.2) is 5.96 Å². The molecule has 0 bridgehead atoms. The first-order valence-corrected chi connectivity index (χ1v) is 10.9. The van der Waals surface area contributed by atoms with Crippen molar-refractivity contribution in [2.75, 3.05) is 26.2 Å². The Morgan fingerprint density at radius 3 is 2.47 bits per heavy atom. The normalized spacial score (nSPS) is 11.3. The van der Waals surface area contributed by atoms with Gasteiger partial charge in [0.25, 0.3) is 0 Å². The number of benzene rings is 2. The third-order valence-corrected chi connectivity index (χ3v) is 5.32. The van der Waals surface area contributed by atoms with Crippen LogP contribution in [0.2, 0.25) is 0 Å². The minimum Gasteiger partial charge on any atom is -0.489 e. The van der Waals surface area contributed by atoms with E-state index >= 15 is 0 Å². The summed E-state index contributed by atoms with van der Waals surface area (Å²) in [4.78, 5) is 4.80. The van der Waals surface area contributed by atoms with Gasteiger partial charge < -0.3 is 15.4 Å². The average molecular weight is 544 g/mol. The van der Waals surface area contributed by atoms with Crippen LogP contribution in [0, 0.1) is 0 Å². The van der Waals surface area contributed by atoms with Crippen LogP contribution in [-0.4, -0.2) is 40.6 Å². The predicted molar refractivity (Wildman–Crippen MR) is 132 cm³/mol. The van der Waals surface area contributed by atoms with E-state index < -0.39 is 10.0 Å². The standard InChI is InChI=1S/C21H28N4O3S.HI/c1-3-16-28-20-13-9-8-10-18(20)17-24-21(22-4-2)23-14-15-25-29(26,27)19-11-6-5-7-12-19;/h3,5-13,25H,1,4,14-17H2,2H3,(H2,22,23,24);1H. The first-order chi connectivity index (χ1) is 14.1. The zero-order valence-corrected chi connectivity index (χ0v) is 20.2. The molecule has 0 aliphatic rings. The lowest BCUT2D eigenvalue weighted by atomic mass is 10.2. The number of hydrogen-bond donors (Lipinski definition) is 3. The molecule has 0 saturated heterocycles. The van der Waals surface area contributed by atoms with Gasteiger partial charge in [-0.25, -0.2) is 18.1 Å². The maximum atomic E-state index is 12.2. The van der Waals surface area contributed by atoms with Gasteiger partial charge in [0.05, 0.1) is 11.4 Å². The van der Waals surface area contributed by atoms with Crippen molar-refractivity contribution < 1.29 is 13.2 Å². The molecule has 2 aromatic rings. The number of rotatable bonds is 11. The smallest absolute Gasteiger partial charge is 0.240 e. The van der Waals surface area contributed by atoms with E-state index in [-0.39, 0.29) is 35.4 Å². The summed E-state index contributed by atoms with van der Waals surface area (Å²) < 4.78 is 32.7. The highest BCUT2D eigenvalue weighted by Crippen LogP contribution is 2.18. The molecule has 0 radical (unpaired) electrons. The molecule has 2 aromatic carbocycles. The van der Waals surface area contributed by atoms with Gasteiger partial charge in [-0.2, -0.15) is 0 Å². The number of halogens is 1. The highest BCUT2D eigenvalue weighted by Gasteiger charge is 2.12. The summed E-state index contributed by atoms with van der Waals surface area (Å²) in [6.07, 6.45) is 1.70. The first kappa shape index (κ1) is 25.9. The predicted octanol–water partition coefficient (Wildman–Crippen LogP) is 2.90. The minimum absolute atomic E-state index is 0. The summed E-state index contributed by atoms with van der Waals surface area (Å²) in [6, 6.07) is 16.0. The van der Waals surface area contributed by atoms with Gasteiger partial charge in [-0.15, -0.1) is 24.0 Å². The summed E-state index contributed by atoms with van der Waals surface area (Å²) in [5.41, 5.74) is 0.955. The van der Waals surface area contributed by atoms with Gasteiger partial charge in [-0.05, 0) is 25.1 Å². The Bertz CT molecular complexity index is 905. The number of hydrogen-bond acceptors (Lipinski definition) is 4. The Morgan fingerprint density at radius 1 is 1.07 bits per heavy atom. The van der Waals surface area contributed by atoms with Gasteiger partial charge >= 0.3 is 0 Å². The fraction of sp³-hybridized carbons (Fsp3) is 0.286. The molecular weight excluding hydrogens is 515 g/mol. The Balaban J connectivity index is 0.00000450. The summed E-state index contributed by atoms with van der Waals surface area (Å²) >= 11 is 0. The SMILES string of the molecule is C=CCOc1ccccc1CN=C(NCC)NCCNS(=O)(=O)c1ccccc1.I. The summed E-state index contributed by atoms with van der Waals surface area (Å²) in [5.74, 6) is 1.37. The number of nitrogens with zero attached hydrogens (tertiary/aromatic N) is 1. The maximum absolute atomic E-state index is 12.2. The molecule has 0 unspecified atom stereocenters. The summed E-state index contributed by atoms with van der Waals surface area (Å²) in [5, 5.41) is 6.28. The second kappa shape index (κ2) is 14.0. The Labute approximate surface area is 196 Å². The number of nitrogens with one attached hydrogen (secondary N) is 3. The lowest BCUT2D eigenvalue weighted by molar-refractivity contribution is 0.359. The molecule has 0 amide bonds. The molecule has 7 nitrogen and oxygen atoms in total. The van der Waals surface area contributed by atoms with E-state index in [1.807, 2.05) is 31.2 Å². The van der Waals surface area contributed by atoms with E-state index in [1.165, 1.54) is 0 Å². The molecule has 30 heavy (non-hydrogen) atoms. The zero-order chi connectivity index (χ0) is 21.0. The molecule has 9 heteroatoms. The number of guanidine groups is 1. The van der Waals surface area contributed by atoms with Gasteiger partial charge in [0.1, 0.15) is 12.4 Å². The van der Waals surface area contributed by atoms with Crippen molar-refractivity contribution in [3.63, 3.8) is 0 Å². The van der Waals surface area contributed by atoms with Gasteiger partial charge in [0.2, 0.25) is 10.0 Å². The third kappa shape index (κ3) is 8.72. The van der Waals surface area contributed by atoms with Gasteiger partial charge in [0, 0.05) is 25.2 Å². The minimum atomic E-state index is -3.52.